The fourth-order valence-electron chi connectivity index (χ4n) is 3.01. The van der Waals surface area contributed by atoms with Crippen LogP contribution in [0.15, 0.2) is 18.2 Å². The van der Waals surface area contributed by atoms with E-state index in [-0.39, 0.29) is 5.91 Å². The minimum Gasteiger partial charge on any atom is -0.481 e. The van der Waals surface area contributed by atoms with E-state index in [1.54, 1.807) is 11.9 Å². The van der Waals surface area contributed by atoms with Crippen molar-refractivity contribution in [2.75, 3.05) is 7.05 Å². The van der Waals surface area contributed by atoms with Crippen LogP contribution in [0.3, 0.4) is 0 Å². The molecule has 1 N–H and O–H groups in total. The molecule has 5 heteroatoms. The summed E-state index contributed by atoms with van der Waals surface area (Å²) < 4.78 is 0. The second-order valence-electron chi connectivity index (χ2n) is 5.80. The molecule has 1 fully saturated rings. The Hall–Kier alpha value is -1.91. The van der Waals surface area contributed by atoms with Crippen LogP contribution >= 0.6 is 0 Å². The molecule has 2 rings (SSSR count). The molecule has 1 heterocycles. The predicted molar refractivity (Wildman–Crippen MR) is 78.5 cm³/mol. The van der Waals surface area contributed by atoms with E-state index in [1.165, 1.54) is 0 Å². The summed E-state index contributed by atoms with van der Waals surface area (Å²) in [5.41, 5.74) is 1.74. The minimum absolute atomic E-state index is 0.0783. The van der Waals surface area contributed by atoms with Crippen LogP contribution < -0.4 is 0 Å². The van der Waals surface area contributed by atoms with E-state index in [0.717, 1.165) is 24.2 Å². The van der Waals surface area contributed by atoms with Crippen molar-refractivity contribution in [2.24, 2.45) is 11.8 Å². The number of pyridine rings is 1. The maximum atomic E-state index is 12.5. The molecule has 0 aromatic carbocycles. The standard InChI is InChI=1S/C16H22N2O3/c1-11-6-5-7-12(17-11)10-18(2)15(19)13-8-3-4-9-14(13)16(20)21/h5-7,13-14H,3-4,8-10H2,1-2H3,(H,20,21). The molecule has 1 aromatic heterocycles. The molecular weight excluding hydrogens is 268 g/mol. The molecule has 1 saturated carbocycles. The third-order valence-corrected chi connectivity index (χ3v) is 4.12. The summed E-state index contributed by atoms with van der Waals surface area (Å²) in [6.45, 7) is 2.33. The van der Waals surface area contributed by atoms with E-state index >= 15 is 0 Å². The van der Waals surface area contributed by atoms with Crippen LogP contribution in [0.5, 0.6) is 0 Å². The molecule has 0 spiro atoms. The number of carbonyl (C=O) groups is 2. The maximum Gasteiger partial charge on any atom is 0.307 e. The largest absolute Gasteiger partial charge is 0.481 e. The Balaban J connectivity index is 2.05. The average Bonchev–Trinajstić information content (AvgIpc) is 2.46. The Bertz CT molecular complexity index is 530. The number of aliphatic carboxylic acids is 1. The van der Waals surface area contributed by atoms with E-state index in [9.17, 15) is 14.7 Å². The van der Waals surface area contributed by atoms with Gasteiger partial charge >= 0.3 is 5.97 Å². The van der Waals surface area contributed by atoms with Gasteiger partial charge in [0.2, 0.25) is 5.91 Å². The van der Waals surface area contributed by atoms with Crippen molar-refractivity contribution in [1.82, 2.24) is 9.88 Å². The van der Waals surface area contributed by atoms with Crippen LogP contribution in [0.2, 0.25) is 0 Å². The zero-order chi connectivity index (χ0) is 15.4. The van der Waals surface area contributed by atoms with Gasteiger partial charge < -0.3 is 10.0 Å². The first-order valence-electron chi connectivity index (χ1n) is 7.39. The number of hydrogen-bond donors (Lipinski definition) is 1. The fourth-order valence-corrected chi connectivity index (χ4v) is 3.01. The van der Waals surface area contributed by atoms with Gasteiger partial charge in [0.15, 0.2) is 0 Å². The van der Waals surface area contributed by atoms with Gasteiger partial charge in [-0.25, -0.2) is 0 Å². The fraction of sp³-hybridized carbons (Fsp3) is 0.562. The molecule has 2 atom stereocenters. The van der Waals surface area contributed by atoms with Gasteiger partial charge in [-0.3, -0.25) is 14.6 Å². The highest BCUT2D eigenvalue weighted by atomic mass is 16.4. The summed E-state index contributed by atoms with van der Waals surface area (Å²) in [7, 11) is 1.72. The lowest BCUT2D eigenvalue weighted by molar-refractivity contribution is -0.152. The summed E-state index contributed by atoms with van der Waals surface area (Å²) in [5.74, 6) is -1.87. The number of rotatable bonds is 4. The Kier molecular flexibility index (Phi) is 4.94. The zero-order valence-corrected chi connectivity index (χ0v) is 12.6. The molecule has 0 aliphatic heterocycles. The lowest BCUT2D eigenvalue weighted by atomic mass is 9.78. The van der Waals surface area contributed by atoms with Crippen molar-refractivity contribution in [3.63, 3.8) is 0 Å². The van der Waals surface area contributed by atoms with Crippen LogP contribution in [0.25, 0.3) is 0 Å². The zero-order valence-electron chi connectivity index (χ0n) is 12.6. The second kappa shape index (κ2) is 6.70. The summed E-state index contributed by atoms with van der Waals surface area (Å²) in [4.78, 5) is 29.8. The van der Waals surface area contributed by atoms with E-state index in [4.69, 9.17) is 0 Å². The van der Waals surface area contributed by atoms with Crippen molar-refractivity contribution in [1.29, 1.82) is 0 Å². The third-order valence-electron chi connectivity index (χ3n) is 4.12. The molecule has 0 saturated heterocycles. The lowest BCUT2D eigenvalue weighted by Gasteiger charge is -2.30. The number of carboxylic acids is 1. The lowest BCUT2D eigenvalue weighted by Crippen LogP contribution is -2.40. The monoisotopic (exact) mass is 290 g/mol. The number of aryl methyl sites for hydroxylation is 1. The van der Waals surface area contributed by atoms with Gasteiger partial charge in [0.1, 0.15) is 0 Å². The molecular formula is C16H22N2O3. The summed E-state index contributed by atoms with van der Waals surface area (Å²) in [6.07, 6.45) is 3.09. The molecule has 5 nitrogen and oxygen atoms in total. The van der Waals surface area contributed by atoms with Crippen molar-refractivity contribution in [3.05, 3.63) is 29.6 Å². The van der Waals surface area contributed by atoms with Gasteiger partial charge in [0, 0.05) is 12.7 Å². The number of nitrogens with zero attached hydrogens (tertiary/aromatic N) is 2. The SMILES string of the molecule is Cc1cccc(CN(C)C(=O)C2CCCCC2C(=O)O)n1. The van der Waals surface area contributed by atoms with E-state index in [1.807, 2.05) is 25.1 Å². The summed E-state index contributed by atoms with van der Waals surface area (Å²) in [6, 6.07) is 5.70. The second-order valence-corrected chi connectivity index (χ2v) is 5.80. The van der Waals surface area contributed by atoms with Crippen molar-refractivity contribution < 1.29 is 14.7 Å². The number of carboxylic acid groups (broad SMARTS) is 1. The van der Waals surface area contributed by atoms with Crippen LogP contribution in [0, 0.1) is 18.8 Å². The minimum atomic E-state index is -0.852. The van der Waals surface area contributed by atoms with Crippen LogP contribution in [0.1, 0.15) is 37.1 Å². The molecule has 21 heavy (non-hydrogen) atoms. The van der Waals surface area contributed by atoms with Crippen LogP contribution in [-0.4, -0.2) is 33.9 Å². The van der Waals surface area contributed by atoms with Crippen LogP contribution in [0.4, 0.5) is 0 Å². The highest BCUT2D eigenvalue weighted by Gasteiger charge is 2.37. The molecule has 1 aromatic rings. The van der Waals surface area contributed by atoms with E-state index < -0.39 is 17.8 Å². The van der Waals surface area contributed by atoms with Crippen LogP contribution in [-0.2, 0) is 16.1 Å². The van der Waals surface area contributed by atoms with Gasteiger partial charge in [0.05, 0.1) is 24.1 Å². The molecule has 0 radical (unpaired) electrons. The number of hydrogen-bond acceptors (Lipinski definition) is 3. The van der Waals surface area contributed by atoms with Gasteiger partial charge in [0.25, 0.3) is 0 Å². The molecule has 1 aliphatic rings. The molecule has 2 unspecified atom stereocenters. The van der Waals surface area contributed by atoms with Gasteiger partial charge in [-0.2, -0.15) is 0 Å². The molecule has 114 valence electrons. The summed E-state index contributed by atoms with van der Waals surface area (Å²) in [5, 5.41) is 9.28. The van der Waals surface area contributed by atoms with Gasteiger partial charge in [-0.05, 0) is 31.9 Å². The number of aromatic nitrogens is 1. The Morgan fingerprint density at radius 2 is 1.95 bits per heavy atom. The Labute approximate surface area is 125 Å². The first-order valence-corrected chi connectivity index (χ1v) is 7.39. The first kappa shape index (κ1) is 15.5. The van der Waals surface area contributed by atoms with E-state index in [2.05, 4.69) is 4.98 Å². The Morgan fingerprint density at radius 1 is 1.29 bits per heavy atom. The average molecular weight is 290 g/mol. The van der Waals surface area contributed by atoms with Gasteiger partial charge in [-0.15, -0.1) is 0 Å². The third kappa shape index (κ3) is 3.80. The highest BCUT2D eigenvalue weighted by Crippen LogP contribution is 2.31. The van der Waals surface area contributed by atoms with Gasteiger partial charge in [-0.1, -0.05) is 18.9 Å². The van der Waals surface area contributed by atoms with E-state index in [0.29, 0.717) is 19.4 Å². The van der Waals surface area contributed by atoms with Crippen molar-refractivity contribution in [3.8, 4) is 0 Å². The normalized spacial score (nSPS) is 21.8. The maximum absolute atomic E-state index is 12.5. The first-order chi connectivity index (χ1) is 9.99. The van der Waals surface area contributed by atoms with Crippen molar-refractivity contribution in [2.45, 2.75) is 39.2 Å². The molecule has 1 amide bonds. The van der Waals surface area contributed by atoms with Crippen molar-refractivity contribution >= 4 is 11.9 Å². The quantitative estimate of drug-likeness (QED) is 0.923. The predicted octanol–water partition coefficient (Wildman–Crippen LogP) is 2.24. The smallest absolute Gasteiger partial charge is 0.307 e. The Morgan fingerprint density at radius 3 is 2.57 bits per heavy atom. The highest BCUT2D eigenvalue weighted by molar-refractivity contribution is 5.84. The number of carbonyl (C=O) groups excluding carboxylic acids is 1. The number of amides is 1. The molecule has 0 bridgehead atoms. The topological polar surface area (TPSA) is 70.5 Å². The summed E-state index contributed by atoms with van der Waals surface area (Å²) >= 11 is 0. The molecule has 1 aliphatic carbocycles.